The molecule has 0 fully saturated rings. The van der Waals surface area contributed by atoms with Crippen molar-refractivity contribution in [2.24, 2.45) is 0 Å². The van der Waals surface area contributed by atoms with Crippen LogP contribution in [0.3, 0.4) is 0 Å². The first-order chi connectivity index (χ1) is 9.65. The zero-order valence-corrected chi connectivity index (χ0v) is 11.3. The molecule has 1 aromatic carbocycles. The third-order valence-electron chi connectivity index (χ3n) is 2.62. The number of amides is 1. The Labute approximate surface area is 116 Å². The lowest BCUT2D eigenvalue weighted by atomic mass is 10.3. The number of nitrogens with two attached hydrogens (primary N) is 1. The number of nitrogens with zero attached hydrogens (tertiary/aromatic N) is 1. The van der Waals surface area contributed by atoms with Gasteiger partial charge in [-0.05, 0) is 25.5 Å². The fourth-order valence-corrected chi connectivity index (χ4v) is 1.66. The van der Waals surface area contributed by atoms with Crippen molar-refractivity contribution in [1.82, 2.24) is 5.16 Å². The lowest BCUT2D eigenvalue weighted by Crippen LogP contribution is -2.13. The Hall–Kier alpha value is -2.50. The zero-order chi connectivity index (χ0) is 14.4. The van der Waals surface area contributed by atoms with E-state index in [1.165, 1.54) is 0 Å². The molecule has 20 heavy (non-hydrogen) atoms. The van der Waals surface area contributed by atoms with Gasteiger partial charge < -0.3 is 20.3 Å². The van der Waals surface area contributed by atoms with Gasteiger partial charge in [-0.1, -0.05) is 17.3 Å². The number of hydrogen-bond donors (Lipinski definition) is 2. The molecule has 6 heteroatoms. The van der Waals surface area contributed by atoms with Gasteiger partial charge in [-0.2, -0.15) is 0 Å². The van der Waals surface area contributed by atoms with E-state index in [0.29, 0.717) is 42.5 Å². The van der Waals surface area contributed by atoms with Gasteiger partial charge in [0.2, 0.25) is 5.91 Å². The van der Waals surface area contributed by atoms with Crippen molar-refractivity contribution in [3.05, 3.63) is 36.1 Å². The van der Waals surface area contributed by atoms with Gasteiger partial charge in [-0.25, -0.2) is 0 Å². The fraction of sp³-hybridized carbons (Fsp3) is 0.286. The van der Waals surface area contributed by atoms with Crippen molar-refractivity contribution in [3.63, 3.8) is 0 Å². The summed E-state index contributed by atoms with van der Waals surface area (Å²) in [4.78, 5) is 11.6. The number of carbonyl (C=O) groups excluding carboxylic acids is 1. The van der Waals surface area contributed by atoms with Crippen LogP contribution in [0, 0.1) is 6.92 Å². The van der Waals surface area contributed by atoms with E-state index in [9.17, 15) is 4.79 Å². The third kappa shape index (κ3) is 4.01. The number of rotatable bonds is 6. The van der Waals surface area contributed by atoms with E-state index < -0.39 is 0 Å². The van der Waals surface area contributed by atoms with E-state index in [-0.39, 0.29) is 5.91 Å². The smallest absolute Gasteiger partial charge is 0.225 e. The standard InChI is InChI=1S/C14H17N3O3/c1-10-9-13(17-20-10)16-14(18)7-4-8-19-12-6-3-2-5-11(12)15/h2-3,5-6,9H,4,7-8,15H2,1H3,(H,16,17,18). The molecule has 0 bridgehead atoms. The summed E-state index contributed by atoms with van der Waals surface area (Å²) in [7, 11) is 0. The summed E-state index contributed by atoms with van der Waals surface area (Å²) in [6.45, 7) is 2.19. The Morgan fingerprint density at radius 3 is 2.95 bits per heavy atom. The lowest BCUT2D eigenvalue weighted by Gasteiger charge is -2.08. The van der Waals surface area contributed by atoms with E-state index in [1.54, 1.807) is 25.1 Å². The molecule has 1 aromatic heterocycles. The van der Waals surface area contributed by atoms with Crippen LogP contribution in [0.5, 0.6) is 5.75 Å². The number of benzene rings is 1. The first-order valence-electron chi connectivity index (χ1n) is 6.35. The van der Waals surface area contributed by atoms with Crippen LogP contribution in [-0.4, -0.2) is 17.7 Å². The Morgan fingerprint density at radius 2 is 2.25 bits per heavy atom. The Kier molecular flexibility index (Phi) is 4.60. The first-order valence-corrected chi connectivity index (χ1v) is 6.35. The van der Waals surface area contributed by atoms with Crippen LogP contribution in [0.2, 0.25) is 0 Å². The molecule has 3 N–H and O–H groups in total. The average molecular weight is 275 g/mol. The number of nitrogen functional groups attached to an aromatic ring is 1. The van der Waals surface area contributed by atoms with Gasteiger partial charge in [-0.15, -0.1) is 0 Å². The predicted molar refractivity (Wildman–Crippen MR) is 75.5 cm³/mol. The highest BCUT2D eigenvalue weighted by atomic mass is 16.5. The van der Waals surface area contributed by atoms with Crippen LogP contribution in [0.25, 0.3) is 0 Å². The molecule has 6 nitrogen and oxygen atoms in total. The summed E-state index contributed by atoms with van der Waals surface area (Å²) in [6.07, 6.45) is 0.940. The van der Waals surface area contributed by atoms with Gasteiger partial charge in [0, 0.05) is 12.5 Å². The quantitative estimate of drug-likeness (QED) is 0.624. The maximum atomic E-state index is 11.6. The van der Waals surface area contributed by atoms with E-state index in [0.717, 1.165) is 0 Å². The normalized spacial score (nSPS) is 10.2. The minimum atomic E-state index is -0.122. The maximum absolute atomic E-state index is 11.6. The number of aromatic nitrogens is 1. The highest BCUT2D eigenvalue weighted by Crippen LogP contribution is 2.19. The second-order valence-corrected chi connectivity index (χ2v) is 4.36. The van der Waals surface area contributed by atoms with Gasteiger partial charge in [0.1, 0.15) is 11.5 Å². The number of nitrogens with one attached hydrogen (secondary N) is 1. The molecule has 1 heterocycles. The van der Waals surface area contributed by atoms with Crippen molar-refractivity contribution in [2.45, 2.75) is 19.8 Å². The average Bonchev–Trinajstić information content (AvgIpc) is 2.82. The number of anilines is 2. The van der Waals surface area contributed by atoms with Crippen LogP contribution in [0.15, 0.2) is 34.9 Å². The summed E-state index contributed by atoms with van der Waals surface area (Å²) >= 11 is 0. The largest absolute Gasteiger partial charge is 0.491 e. The molecule has 0 unspecified atom stereocenters. The molecule has 0 saturated heterocycles. The molecule has 0 aliphatic carbocycles. The van der Waals surface area contributed by atoms with Crippen LogP contribution in [0.1, 0.15) is 18.6 Å². The third-order valence-corrected chi connectivity index (χ3v) is 2.62. The topological polar surface area (TPSA) is 90.4 Å². The second kappa shape index (κ2) is 6.60. The SMILES string of the molecule is Cc1cc(NC(=O)CCCOc2ccccc2N)no1. The molecule has 2 rings (SSSR count). The number of hydrogen-bond acceptors (Lipinski definition) is 5. The molecule has 0 radical (unpaired) electrons. The molecular formula is C14H17N3O3. The molecule has 0 saturated carbocycles. The minimum absolute atomic E-state index is 0.122. The first kappa shape index (κ1) is 13.9. The fourth-order valence-electron chi connectivity index (χ4n) is 1.66. The number of para-hydroxylation sites is 2. The van der Waals surface area contributed by atoms with Crippen LogP contribution >= 0.6 is 0 Å². The number of carbonyl (C=O) groups is 1. The number of ether oxygens (including phenoxy) is 1. The summed E-state index contributed by atoms with van der Waals surface area (Å²) in [5, 5.41) is 6.34. The lowest BCUT2D eigenvalue weighted by molar-refractivity contribution is -0.116. The van der Waals surface area contributed by atoms with Crippen molar-refractivity contribution in [2.75, 3.05) is 17.7 Å². The van der Waals surface area contributed by atoms with E-state index >= 15 is 0 Å². The molecule has 106 valence electrons. The van der Waals surface area contributed by atoms with Gasteiger partial charge in [0.15, 0.2) is 5.82 Å². The summed E-state index contributed by atoms with van der Waals surface area (Å²) < 4.78 is 10.4. The van der Waals surface area contributed by atoms with Gasteiger partial charge >= 0.3 is 0 Å². The van der Waals surface area contributed by atoms with E-state index in [1.807, 2.05) is 12.1 Å². The highest BCUT2D eigenvalue weighted by Gasteiger charge is 2.06. The van der Waals surface area contributed by atoms with Gasteiger partial charge in [-0.3, -0.25) is 4.79 Å². The Balaban J connectivity index is 1.68. The summed E-state index contributed by atoms with van der Waals surface area (Å²) in [5.41, 5.74) is 6.34. The Morgan fingerprint density at radius 1 is 1.45 bits per heavy atom. The van der Waals surface area contributed by atoms with Gasteiger partial charge in [0.25, 0.3) is 0 Å². The molecule has 2 aromatic rings. The second-order valence-electron chi connectivity index (χ2n) is 4.36. The van der Waals surface area contributed by atoms with Crippen molar-refractivity contribution >= 4 is 17.4 Å². The molecule has 0 atom stereocenters. The predicted octanol–water partition coefficient (Wildman–Crippen LogP) is 2.36. The zero-order valence-electron chi connectivity index (χ0n) is 11.3. The monoisotopic (exact) mass is 275 g/mol. The van der Waals surface area contributed by atoms with E-state index in [2.05, 4.69) is 10.5 Å². The minimum Gasteiger partial charge on any atom is -0.491 e. The molecule has 1 amide bonds. The Bertz CT molecular complexity index is 581. The molecular weight excluding hydrogens is 258 g/mol. The van der Waals surface area contributed by atoms with Crippen molar-refractivity contribution in [1.29, 1.82) is 0 Å². The molecule has 0 aliphatic rings. The molecule has 0 spiro atoms. The number of aryl methyl sites for hydroxylation is 1. The highest BCUT2D eigenvalue weighted by molar-refractivity contribution is 5.89. The van der Waals surface area contributed by atoms with E-state index in [4.69, 9.17) is 15.0 Å². The van der Waals surface area contributed by atoms with Crippen LogP contribution in [0.4, 0.5) is 11.5 Å². The van der Waals surface area contributed by atoms with Crippen LogP contribution < -0.4 is 15.8 Å². The van der Waals surface area contributed by atoms with Crippen LogP contribution in [-0.2, 0) is 4.79 Å². The summed E-state index contributed by atoms with van der Waals surface area (Å²) in [6, 6.07) is 8.93. The van der Waals surface area contributed by atoms with Gasteiger partial charge in [0.05, 0.1) is 12.3 Å². The summed E-state index contributed by atoms with van der Waals surface area (Å²) in [5.74, 6) is 1.60. The van der Waals surface area contributed by atoms with Crippen molar-refractivity contribution < 1.29 is 14.1 Å². The molecule has 0 aliphatic heterocycles. The maximum Gasteiger partial charge on any atom is 0.225 e. The van der Waals surface area contributed by atoms with Crippen molar-refractivity contribution in [3.8, 4) is 5.75 Å².